The van der Waals surface area contributed by atoms with Crippen molar-refractivity contribution in [3.63, 3.8) is 0 Å². The van der Waals surface area contributed by atoms with Gasteiger partial charge in [-0.25, -0.2) is 0 Å². The Labute approximate surface area is 158 Å². The van der Waals surface area contributed by atoms with Gasteiger partial charge in [0.1, 0.15) is 0 Å². The van der Waals surface area contributed by atoms with E-state index in [2.05, 4.69) is 56.4 Å². The van der Waals surface area contributed by atoms with Crippen molar-refractivity contribution in [2.75, 3.05) is 16.8 Å². The molecule has 0 bridgehead atoms. The van der Waals surface area contributed by atoms with Crippen molar-refractivity contribution in [1.82, 2.24) is 0 Å². The maximum absolute atomic E-state index is 12.2. The first kappa shape index (κ1) is 19.4. The van der Waals surface area contributed by atoms with Crippen LogP contribution in [0.5, 0.6) is 0 Å². The predicted molar refractivity (Wildman–Crippen MR) is 107 cm³/mol. The van der Waals surface area contributed by atoms with Gasteiger partial charge in [0.2, 0.25) is 5.91 Å². The van der Waals surface area contributed by atoms with Crippen molar-refractivity contribution >= 4 is 35.1 Å². The van der Waals surface area contributed by atoms with Crippen LogP contribution in [-0.4, -0.2) is 17.4 Å². The van der Waals surface area contributed by atoms with E-state index in [0.717, 1.165) is 15.5 Å². The van der Waals surface area contributed by atoms with Crippen molar-refractivity contribution in [2.24, 2.45) is 0 Å². The largest absolute Gasteiger partial charge is 0.324 e. The average molecular weight is 371 g/mol. The van der Waals surface area contributed by atoms with Gasteiger partial charge in [0, 0.05) is 9.79 Å². The minimum absolute atomic E-state index is 0.0464. The van der Waals surface area contributed by atoms with Crippen LogP contribution in [0.15, 0.2) is 58.3 Å². The summed E-state index contributed by atoms with van der Waals surface area (Å²) in [4.78, 5) is 14.2. The van der Waals surface area contributed by atoms with Gasteiger partial charge in [-0.05, 0) is 35.2 Å². The molecule has 0 aliphatic carbocycles. The molecule has 130 valence electrons. The number of nitrogens with one attached hydrogen (secondary N) is 1. The van der Waals surface area contributed by atoms with Crippen LogP contribution in [0.2, 0.25) is 0 Å². The van der Waals surface area contributed by atoms with Crippen LogP contribution >= 0.6 is 23.5 Å². The zero-order chi connectivity index (χ0) is 18.3. The van der Waals surface area contributed by atoms with Gasteiger partial charge in [0.25, 0.3) is 0 Å². The fourth-order valence-corrected chi connectivity index (χ4v) is 3.56. The number of carbonyl (C=O) groups is 1. The molecule has 5 heteroatoms. The Bertz CT molecular complexity index is 759. The van der Waals surface area contributed by atoms with Crippen molar-refractivity contribution < 1.29 is 4.79 Å². The average Bonchev–Trinajstić information content (AvgIpc) is 2.59. The van der Waals surface area contributed by atoms with Crippen LogP contribution < -0.4 is 5.32 Å². The van der Waals surface area contributed by atoms with Gasteiger partial charge >= 0.3 is 0 Å². The Morgan fingerprint density at radius 1 is 1.08 bits per heavy atom. The number of nitrogens with zero attached hydrogens (tertiary/aromatic N) is 1. The molecule has 0 aliphatic rings. The Kier molecular flexibility index (Phi) is 6.98. The van der Waals surface area contributed by atoms with Crippen LogP contribution in [0.1, 0.15) is 26.3 Å². The standard InChI is InChI=1S/C20H22N2OS2/c1-20(2,3)15-8-10-16(11-9-15)25-14-19(23)22-17-6-4-5-7-18(17)24-13-12-21/h4-11H,13-14H2,1-3H3,(H,22,23). The first-order chi connectivity index (χ1) is 11.9. The number of thioether (sulfide) groups is 2. The van der Waals surface area contributed by atoms with E-state index in [1.165, 1.54) is 29.1 Å². The smallest absolute Gasteiger partial charge is 0.234 e. The normalized spacial score (nSPS) is 11.0. The first-order valence-electron chi connectivity index (χ1n) is 8.02. The second-order valence-electron chi connectivity index (χ2n) is 6.55. The molecule has 3 nitrogen and oxygen atoms in total. The summed E-state index contributed by atoms with van der Waals surface area (Å²) in [6, 6.07) is 18.0. The van der Waals surface area contributed by atoms with E-state index in [1.807, 2.05) is 24.3 Å². The number of amides is 1. The molecular weight excluding hydrogens is 348 g/mol. The van der Waals surface area contributed by atoms with Crippen LogP contribution in [0.3, 0.4) is 0 Å². The number of hydrogen-bond donors (Lipinski definition) is 1. The van der Waals surface area contributed by atoms with E-state index in [1.54, 1.807) is 0 Å². The van der Waals surface area contributed by atoms with Gasteiger partial charge in [0.05, 0.1) is 23.3 Å². The van der Waals surface area contributed by atoms with Crippen molar-refractivity contribution in [1.29, 1.82) is 5.26 Å². The lowest BCUT2D eigenvalue weighted by molar-refractivity contribution is -0.113. The number of benzene rings is 2. The lowest BCUT2D eigenvalue weighted by Gasteiger charge is -2.19. The molecular formula is C20H22N2OS2. The second kappa shape index (κ2) is 8.98. The topological polar surface area (TPSA) is 52.9 Å². The Morgan fingerprint density at radius 2 is 1.76 bits per heavy atom. The summed E-state index contributed by atoms with van der Waals surface area (Å²) in [6.45, 7) is 6.55. The van der Waals surface area contributed by atoms with Crippen molar-refractivity contribution in [2.45, 2.75) is 36.0 Å². The Balaban J connectivity index is 1.92. The molecule has 2 aromatic carbocycles. The molecule has 0 atom stereocenters. The van der Waals surface area contributed by atoms with Gasteiger partial charge in [-0.3, -0.25) is 4.79 Å². The van der Waals surface area contributed by atoms with Gasteiger partial charge < -0.3 is 5.32 Å². The third-order valence-corrected chi connectivity index (χ3v) is 5.50. The maximum Gasteiger partial charge on any atom is 0.234 e. The zero-order valence-electron chi connectivity index (χ0n) is 14.7. The van der Waals surface area contributed by atoms with Crippen LogP contribution in [0.25, 0.3) is 0 Å². The summed E-state index contributed by atoms with van der Waals surface area (Å²) in [6.07, 6.45) is 0. The third kappa shape index (κ3) is 6.15. The number of para-hydroxylation sites is 1. The summed E-state index contributed by atoms with van der Waals surface area (Å²) in [5, 5.41) is 11.7. The number of nitriles is 1. The Morgan fingerprint density at radius 3 is 2.40 bits per heavy atom. The minimum atomic E-state index is -0.0464. The molecule has 0 fully saturated rings. The maximum atomic E-state index is 12.2. The van der Waals surface area contributed by atoms with Crippen molar-refractivity contribution in [3.8, 4) is 6.07 Å². The number of carbonyl (C=O) groups excluding carboxylic acids is 1. The lowest BCUT2D eigenvalue weighted by Crippen LogP contribution is -2.14. The molecule has 0 spiro atoms. The van der Waals surface area contributed by atoms with E-state index < -0.39 is 0 Å². The SMILES string of the molecule is CC(C)(C)c1ccc(SCC(=O)Nc2ccccc2SCC#N)cc1. The molecule has 0 heterocycles. The molecule has 2 rings (SSSR count). The highest BCUT2D eigenvalue weighted by atomic mass is 32.2. The molecule has 1 N–H and O–H groups in total. The van der Waals surface area contributed by atoms with Crippen LogP contribution in [0, 0.1) is 11.3 Å². The highest BCUT2D eigenvalue weighted by Crippen LogP contribution is 2.28. The predicted octanol–water partition coefficient (Wildman–Crippen LogP) is 5.33. The third-order valence-electron chi connectivity index (χ3n) is 3.54. The highest BCUT2D eigenvalue weighted by molar-refractivity contribution is 8.00. The molecule has 0 unspecified atom stereocenters. The monoisotopic (exact) mass is 370 g/mol. The molecule has 0 saturated heterocycles. The first-order valence-corrected chi connectivity index (χ1v) is 9.99. The summed E-state index contributed by atoms with van der Waals surface area (Å²) < 4.78 is 0. The number of anilines is 1. The van der Waals surface area contributed by atoms with Crippen molar-refractivity contribution in [3.05, 3.63) is 54.1 Å². The molecule has 0 radical (unpaired) electrons. The summed E-state index contributed by atoms with van der Waals surface area (Å²) in [5.74, 6) is 0.670. The number of hydrogen-bond acceptors (Lipinski definition) is 4. The minimum Gasteiger partial charge on any atom is -0.324 e. The quantitative estimate of drug-likeness (QED) is 0.698. The molecule has 0 aromatic heterocycles. The van der Waals surface area contributed by atoms with Crippen LogP contribution in [0.4, 0.5) is 5.69 Å². The molecule has 25 heavy (non-hydrogen) atoms. The zero-order valence-corrected chi connectivity index (χ0v) is 16.3. The fraction of sp³-hybridized carbons (Fsp3) is 0.300. The molecule has 2 aromatic rings. The summed E-state index contributed by atoms with van der Waals surface area (Å²) in [5.41, 5.74) is 2.17. The lowest BCUT2D eigenvalue weighted by atomic mass is 9.87. The Hall–Kier alpha value is -1.90. The summed E-state index contributed by atoms with van der Waals surface area (Å²) >= 11 is 2.94. The highest BCUT2D eigenvalue weighted by Gasteiger charge is 2.13. The van der Waals surface area contributed by atoms with E-state index in [4.69, 9.17) is 5.26 Å². The molecule has 0 saturated carbocycles. The van der Waals surface area contributed by atoms with Gasteiger partial charge in [0.15, 0.2) is 0 Å². The fourth-order valence-electron chi connectivity index (χ4n) is 2.19. The number of rotatable bonds is 6. The van der Waals surface area contributed by atoms with E-state index in [-0.39, 0.29) is 11.3 Å². The molecule has 0 aliphatic heterocycles. The van der Waals surface area contributed by atoms with Crippen LogP contribution in [-0.2, 0) is 10.2 Å². The van der Waals surface area contributed by atoms with Gasteiger partial charge in [-0.1, -0.05) is 45.0 Å². The van der Waals surface area contributed by atoms with E-state index in [9.17, 15) is 4.79 Å². The van der Waals surface area contributed by atoms with E-state index >= 15 is 0 Å². The summed E-state index contributed by atoms with van der Waals surface area (Å²) in [7, 11) is 0. The molecule has 1 amide bonds. The second-order valence-corrected chi connectivity index (χ2v) is 8.62. The van der Waals surface area contributed by atoms with Gasteiger partial charge in [-0.15, -0.1) is 23.5 Å². The van der Waals surface area contributed by atoms with Gasteiger partial charge in [-0.2, -0.15) is 5.26 Å². The van der Waals surface area contributed by atoms with E-state index in [0.29, 0.717) is 11.5 Å².